The molecule has 3 aromatic carbocycles. The molecule has 1 amide bonds. The van der Waals surface area contributed by atoms with Gasteiger partial charge in [-0.05, 0) is 73.0 Å². The number of hydrogen-bond acceptors (Lipinski definition) is 3. The first-order valence-corrected chi connectivity index (χ1v) is 13.7. The number of fused-ring (bicyclic) bond motifs is 1. The highest BCUT2D eigenvalue weighted by Gasteiger charge is 2.35. The fourth-order valence-corrected chi connectivity index (χ4v) is 6.24. The van der Waals surface area contributed by atoms with Crippen LogP contribution in [-0.4, -0.2) is 31.2 Å². The highest BCUT2D eigenvalue weighted by Crippen LogP contribution is 2.34. The van der Waals surface area contributed by atoms with Crippen LogP contribution in [0.1, 0.15) is 18.1 Å². The fraction of sp³-hybridized carbons (Fsp3) is 0.208. The minimum absolute atomic E-state index is 0.0147. The third kappa shape index (κ3) is 5.20. The second-order valence-electron chi connectivity index (χ2n) is 7.91. The van der Waals surface area contributed by atoms with Crippen molar-refractivity contribution >= 4 is 65.1 Å². The number of sulfonamides is 1. The van der Waals surface area contributed by atoms with Gasteiger partial charge in [0.1, 0.15) is 0 Å². The maximum Gasteiger partial charge on any atom is 0.243 e. The van der Waals surface area contributed by atoms with Crippen LogP contribution in [0.4, 0.5) is 5.69 Å². The van der Waals surface area contributed by atoms with Gasteiger partial charge in [0.15, 0.2) is 0 Å². The Kier molecular flexibility index (Phi) is 7.31. The molecule has 3 aromatic rings. The van der Waals surface area contributed by atoms with Gasteiger partial charge in [-0.3, -0.25) is 4.79 Å². The minimum Gasteiger partial charge on any atom is -0.308 e. The molecule has 0 spiro atoms. The van der Waals surface area contributed by atoms with E-state index in [1.807, 2.05) is 25.1 Å². The van der Waals surface area contributed by atoms with Crippen molar-refractivity contribution in [1.29, 1.82) is 0 Å². The number of rotatable bonds is 6. The van der Waals surface area contributed by atoms with Gasteiger partial charge in [0.05, 0.1) is 11.4 Å². The van der Waals surface area contributed by atoms with Gasteiger partial charge in [0.2, 0.25) is 15.9 Å². The van der Waals surface area contributed by atoms with Crippen LogP contribution in [0.2, 0.25) is 5.02 Å². The van der Waals surface area contributed by atoms with Gasteiger partial charge in [-0.25, -0.2) is 8.42 Å². The van der Waals surface area contributed by atoms with Gasteiger partial charge in [0.25, 0.3) is 0 Å². The molecular formula is C24H21Br2ClN2O3S. The summed E-state index contributed by atoms with van der Waals surface area (Å²) in [7, 11) is -3.96. The van der Waals surface area contributed by atoms with Crippen molar-refractivity contribution in [1.82, 2.24) is 4.31 Å². The molecule has 0 saturated carbocycles. The van der Waals surface area contributed by atoms with Gasteiger partial charge in [-0.1, -0.05) is 61.7 Å². The van der Waals surface area contributed by atoms with E-state index < -0.39 is 10.0 Å². The summed E-state index contributed by atoms with van der Waals surface area (Å²) in [5.41, 5.74) is 2.50. The van der Waals surface area contributed by atoms with Crippen LogP contribution in [-0.2, 0) is 27.8 Å². The Morgan fingerprint density at radius 1 is 1.06 bits per heavy atom. The van der Waals surface area contributed by atoms with Crippen molar-refractivity contribution in [2.24, 2.45) is 0 Å². The number of benzene rings is 3. The number of carbonyl (C=O) groups excluding carboxylic acids is 1. The first-order valence-electron chi connectivity index (χ1n) is 10.3. The molecule has 9 heteroatoms. The van der Waals surface area contributed by atoms with Gasteiger partial charge in [-0.15, -0.1) is 0 Å². The van der Waals surface area contributed by atoms with E-state index in [-0.39, 0.29) is 29.9 Å². The molecule has 33 heavy (non-hydrogen) atoms. The van der Waals surface area contributed by atoms with E-state index in [4.69, 9.17) is 11.6 Å². The maximum absolute atomic E-state index is 13.6. The third-order valence-corrected chi connectivity index (χ3v) is 8.79. The summed E-state index contributed by atoms with van der Waals surface area (Å²) in [4.78, 5) is 15.3. The molecule has 0 saturated heterocycles. The van der Waals surface area contributed by atoms with E-state index in [1.54, 1.807) is 41.3 Å². The Bertz CT molecular complexity index is 1300. The number of carbonyl (C=O) groups is 1. The molecule has 0 radical (unpaired) electrons. The first kappa shape index (κ1) is 24.4. The number of amides is 1. The van der Waals surface area contributed by atoms with Crippen molar-refractivity contribution in [3.05, 3.63) is 91.8 Å². The molecule has 1 aliphatic rings. The van der Waals surface area contributed by atoms with Crippen molar-refractivity contribution < 1.29 is 13.2 Å². The summed E-state index contributed by atoms with van der Waals surface area (Å²) in [5.74, 6) is -0.281. The predicted molar refractivity (Wildman–Crippen MR) is 138 cm³/mol. The zero-order chi connectivity index (χ0) is 23.8. The fourth-order valence-electron chi connectivity index (χ4n) is 4.00. The lowest BCUT2D eigenvalue weighted by Gasteiger charge is -2.28. The summed E-state index contributed by atoms with van der Waals surface area (Å²) in [6.45, 7) is 1.65. The molecule has 0 N–H and O–H groups in total. The quantitative estimate of drug-likeness (QED) is 0.342. The van der Waals surface area contributed by atoms with Crippen LogP contribution >= 0.6 is 43.5 Å². The minimum atomic E-state index is -3.96. The largest absolute Gasteiger partial charge is 0.308 e. The first-order chi connectivity index (χ1) is 15.7. The molecule has 0 bridgehead atoms. The number of hydrogen-bond donors (Lipinski definition) is 0. The molecule has 172 valence electrons. The normalized spacial score (nSPS) is 15.7. The highest BCUT2D eigenvalue weighted by molar-refractivity contribution is 9.10. The predicted octanol–water partition coefficient (Wildman–Crippen LogP) is 6.03. The van der Waals surface area contributed by atoms with E-state index in [1.165, 1.54) is 16.4 Å². The van der Waals surface area contributed by atoms with Crippen LogP contribution in [0.25, 0.3) is 0 Å². The average molecular weight is 613 g/mol. The molecule has 0 aromatic heterocycles. The topological polar surface area (TPSA) is 57.7 Å². The summed E-state index contributed by atoms with van der Waals surface area (Å²) >= 11 is 13.1. The van der Waals surface area contributed by atoms with Crippen LogP contribution in [0.5, 0.6) is 0 Å². The highest BCUT2D eigenvalue weighted by atomic mass is 79.9. The lowest BCUT2D eigenvalue weighted by atomic mass is 10.1. The van der Waals surface area contributed by atoms with Gasteiger partial charge >= 0.3 is 0 Å². The monoisotopic (exact) mass is 610 g/mol. The second-order valence-corrected chi connectivity index (χ2v) is 12.1. The number of nitrogens with zero attached hydrogens (tertiary/aromatic N) is 2. The van der Waals surface area contributed by atoms with E-state index in [0.717, 1.165) is 20.2 Å². The zero-order valence-electron chi connectivity index (χ0n) is 17.7. The van der Waals surface area contributed by atoms with Crippen molar-refractivity contribution in [2.75, 3.05) is 11.4 Å². The molecule has 5 nitrogen and oxygen atoms in total. The summed E-state index contributed by atoms with van der Waals surface area (Å²) in [6.07, 6.45) is 0.713. The molecule has 1 heterocycles. The van der Waals surface area contributed by atoms with E-state index >= 15 is 0 Å². The molecule has 4 rings (SSSR count). The average Bonchev–Trinajstić information content (AvgIpc) is 3.09. The van der Waals surface area contributed by atoms with E-state index in [2.05, 4.69) is 31.9 Å². The van der Waals surface area contributed by atoms with Crippen LogP contribution in [0.15, 0.2) is 80.6 Å². The van der Waals surface area contributed by atoms with Gasteiger partial charge in [-0.2, -0.15) is 4.31 Å². The van der Waals surface area contributed by atoms with Crippen LogP contribution < -0.4 is 4.90 Å². The van der Waals surface area contributed by atoms with Crippen molar-refractivity contribution in [3.63, 3.8) is 0 Å². The molecule has 0 unspecified atom stereocenters. The Morgan fingerprint density at radius 2 is 1.73 bits per heavy atom. The Labute approximate surface area is 215 Å². The van der Waals surface area contributed by atoms with Crippen LogP contribution in [0, 0.1) is 0 Å². The Balaban J connectivity index is 1.69. The summed E-state index contributed by atoms with van der Waals surface area (Å²) in [5, 5.41) is 0.450. The lowest BCUT2D eigenvalue weighted by molar-refractivity contribution is -0.119. The molecule has 0 fully saturated rings. The molecule has 1 atom stereocenters. The molecule has 1 aliphatic heterocycles. The van der Waals surface area contributed by atoms with Gasteiger partial charge < -0.3 is 4.90 Å². The second kappa shape index (κ2) is 9.88. The summed E-state index contributed by atoms with van der Waals surface area (Å²) < 4.78 is 30.1. The standard InChI is InChI=1S/C24H21Br2ClN2O3S/c1-16-12-18-13-20(26)8-11-23(18)29(16)24(30)15-28(14-17-4-2-3-5-22(17)27)33(31,32)21-9-6-19(25)7-10-21/h2-11,13,16H,12,14-15H2,1H3/t16-/m0/s1. The summed E-state index contributed by atoms with van der Waals surface area (Å²) in [6, 6.07) is 19.1. The molecular weight excluding hydrogens is 592 g/mol. The number of anilines is 1. The maximum atomic E-state index is 13.6. The van der Waals surface area contributed by atoms with Crippen molar-refractivity contribution in [3.8, 4) is 0 Å². The third-order valence-electron chi connectivity index (χ3n) is 5.59. The smallest absolute Gasteiger partial charge is 0.243 e. The Morgan fingerprint density at radius 3 is 2.42 bits per heavy atom. The number of halogens is 3. The Hall–Kier alpha value is -1.71. The van der Waals surface area contributed by atoms with Gasteiger partial charge in [0, 0.05) is 32.2 Å². The molecule has 0 aliphatic carbocycles. The van der Waals surface area contributed by atoms with E-state index in [0.29, 0.717) is 17.0 Å². The van der Waals surface area contributed by atoms with Crippen LogP contribution in [0.3, 0.4) is 0 Å². The lowest BCUT2D eigenvalue weighted by Crippen LogP contribution is -2.44. The zero-order valence-corrected chi connectivity index (χ0v) is 22.5. The van der Waals surface area contributed by atoms with Crippen molar-refractivity contribution in [2.45, 2.75) is 30.8 Å². The SMILES string of the molecule is C[C@H]1Cc2cc(Br)ccc2N1C(=O)CN(Cc1ccccc1Cl)S(=O)(=O)c1ccc(Br)cc1. The van der Waals surface area contributed by atoms with E-state index in [9.17, 15) is 13.2 Å².